The van der Waals surface area contributed by atoms with Gasteiger partial charge in [0.1, 0.15) is 10.7 Å². The number of nitrogens with zero attached hydrogens (tertiary/aromatic N) is 5. The van der Waals surface area contributed by atoms with Crippen molar-refractivity contribution in [3.05, 3.63) is 69.8 Å². The Hall–Kier alpha value is -3.10. The van der Waals surface area contributed by atoms with Crippen LogP contribution in [0.5, 0.6) is 0 Å². The van der Waals surface area contributed by atoms with Gasteiger partial charge in [0.05, 0.1) is 11.1 Å². The number of hydrogen-bond acceptors (Lipinski definition) is 6. The van der Waals surface area contributed by atoms with Gasteiger partial charge in [-0.05, 0) is 19.2 Å². The molecule has 0 bridgehead atoms. The molecule has 2 aliphatic heterocycles. The number of likely N-dealkylation sites (N-methyl/N-ethyl adjacent to an activating group) is 1. The fourth-order valence-corrected chi connectivity index (χ4v) is 4.80. The summed E-state index contributed by atoms with van der Waals surface area (Å²) in [5, 5.41) is 1.09. The molecule has 0 atom stereocenters. The summed E-state index contributed by atoms with van der Waals surface area (Å²) in [5.74, 6) is -0.183. The van der Waals surface area contributed by atoms with Gasteiger partial charge in [0.25, 0.3) is 11.5 Å². The maximum Gasteiger partial charge on any atom is 0.274 e. The summed E-state index contributed by atoms with van der Waals surface area (Å²) >= 11 is 5.69. The number of carbonyl (C=O) groups excluding carboxylic acids is 1. The van der Waals surface area contributed by atoms with Gasteiger partial charge in [-0.3, -0.25) is 19.5 Å². The quantitative estimate of drug-likeness (QED) is 0.571. The summed E-state index contributed by atoms with van der Waals surface area (Å²) in [6.45, 7) is 3.55. The van der Waals surface area contributed by atoms with Crippen molar-refractivity contribution in [3.63, 3.8) is 0 Å². The molecule has 3 aromatic rings. The van der Waals surface area contributed by atoms with E-state index < -0.39 is 0 Å². The third-order valence-electron chi connectivity index (χ3n) is 6.35. The van der Waals surface area contributed by atoms with Gasteiger partial charge in [-0.2, -0.15) is 0 Å². The summed E-state index contributed by atoms with van der Waals surface area (Å²) in [7, 11) is 3.78. The molecule has 1 saturated heterocycles. The number of aromatic nitrogens is 2. The average Bonchev–Trinajstić information content (AvgIpc) is 3.03. The van der Waals surface area contributed by atoms with Crippen molar-refractivity contribution in [2.75, 3.05) is 44.7 Å². The second-order valence-electron chi connectivity index (χ2n) is 8.48. The van der Waals surface area contributed by atoms with Crippen LogP contribution in [0.4, 0.5) is 5.69 Å². The first-order valence-corrected chi connectivity index (χ1v) is 11.2. The van der Waals surface area contributed by atoms with E-state index in [0.29, 0.717) is 47.9 Å². The average molecular weight is 448 g/mol. The molecular formula is C24H25N5O2S. The number of rotatable bonds is 4. The summed E-state index contributed by atoms with van der Waals surface area (Å²) in [4.78, 5) is 37.6. The Labute approximate surface area is 191 Å². The van der Waals surface area contributed by atoms with Gasteiger partial charge in [-0.25, -0.2) is 0 Å². The van der Waals surface area contributed by atoms with Gasteiger partial charge in [0, 0.05) is 69.0 Å². The molecule has 4 heterocycles. The molecule has 1 amide bonds. The number of benzene rings is 1. The Balaban J connectivity index is 1.44. The molecule has 0 saturated carbocycles. The minimum Gasteiger partial charge on any atom is -0.364 e. The van der Waals surface area contributed by atoms with Crippen LogP contribution in [0.15, 0.2) is 47.4 Å². The predicted molar refractivity (Wildman–Crippen MR) is 130 cm³/mol. The number of carbonyl (C=O) groups is 1. The maximum atomic E-state index is 13.5. The van der Waals surface area contributed by atoms with E-state index in [1.165, 1.54) is 0 Å². The highest BCUT2D eigenvalue weighted by atomic mass is 32.1. The molecule has 32 heavy (non-hydrogen) atoms. The van der Waals surface area contributed by atoms with Crippen molar-refractivity contribution >= 4 is 39.7 Å². The van der Waals surface area contributed by atoms with E-state index in [1.807, 2.05) is 41.3 Å². The van der Waals surface area contributed by atoms with Crippen LogP contribution in [-0.4, -0.2) is 70.0 Å². The number of fused-ring (bicyclic) bond motifs is 2. The smallest absolute Gasteiger partial charge is 0.274 e. The Morgan fingerprint density at radius 3 is 2.53 bits per heavy atom. The highest BCUT2D eigenvalue weighted by Crippen LogP contribution is 2.30. The molecule has 2 aliphatic rings. The first kappa shape index (κ1) is 20.8. The number of amides is 1. The molecule has 5 rings (SSSR count). The molecule has 164 valence electrons. The molecule has 0 N–H and O–H groups in total. The van der Waals surface area contributed by atoms with E-state index in [-0.39, 0.29) is 11.5 Å². The molecule has 7 nitrogen and oxygen atoms in total. The molecule has 8 heteroatoms. The van der Waals surface area contributed by atoms with Gasteiger partial charge in [-0.1, -0.05) is 36.5 Å². The van der Waals surface area contributed by atoms with Crippen LogP contribution in [0.25, 0.3) is 10.9 Å². The third-order valence-corrected chi connectivity index (χ3v) is 6.79. The van der Waals surface area contributed by atoms with E-state index in [2.05, 4.69) is 11.9 Å². The first-order valence-electron chi connectivity index (χ1n) is 10.8. The minimum absolute atomic E-state index is 0.150. The first-order chi connectivity index (χ1) is 15.4. The number of para-hydroxylation sites is 1. The van der Waals surface area contributed by atoms with E-state index in [0.717, 1.165) is 29.7 Å². The Morgan fingerprint density at radius 1 is 1.00 bits per heavy atom. The fraction of sp³-hybridized carbons (Fsp3) is 0.333. The second kappa shape index (κ2) is 8.11. The number of aryl methyl sites for hydroxylation is 1. The Morgan fingerprint density at radius 2 is 1.75 bits per heavy atom. The summed E-state index contributed by atoms with van der Waals surface area (Å²) in [6, 6.07) is 12.0. The largest absolute Gasteiger partial charge is 0.364 e. The highest BCUT2D eigenvalue weighted by molar-refractivity contribution is 7.80. The lowest BCUT2D eigenvalue weighted by Crippen LogP contribution is -2.47. The molecule has 2 aromatic heterocycles. The zero-order chi connectivity index (χ0) is 22.4. The van der Waals surface area contributed by atoms with Crippen molar-refractivity contribution < 1.29 is 4.79 Å². The molecule has 0 radical (unpaired) electrons. The van der Waals surface area contributed by atoms with Crippen molar-refractivity contribution in [2.45, 2.75) is 6.42 Å². The normalized spacial score (nSPS) is 16.8. The lowest BCUT2D eigenvalue weighted by atomic mass is 10.1. The Bertz CT molecular complexity index is 1290. The van der Waals surface area contributed by atoms with E-state index in [1.54, 1.807) is 22.7 Å². The minimum atomic E-state index is -0.183. The van der Waals surface area contributed by atoms with Crippen molar-refractivity contribution in [1.29, 1.82) is 0 Å². The molecular weight excluding hydrogens is 422 g/mol. The lowest BCUT2D eigenvalue weighted by Gasteiger charge is -2.34. The standard InChI is InChI=1S/C24H25N5O2S/c1-26-11-13-28(14-12-26)21-20-18(15-27(2)23(21)31)24(32)29(22(20)30)10-9-17-8-7-16-5-3-4-6-19(16)25-17/h3-8,15H,9-14H2,1-2H3. The molecule has 0 aliphatic carbocycles. The Kier molecular flexibility index (Phi) is 5.27. The number of pyridine rings is 2. The molecule has 0 spiro atoms. The van der Waals surface area contributed by atoms with Gasteiger partial charge >= 0.3 is 0 Å². The molecule has 1 aromatic carbocycles. The zero-order valence-electron chi connectivity index (χ0n) is 18.2. The van der Waals surface area contributed by atoms with Crippen LogP contribution in [0.3, 0.4) is 0 Å². The van der Waals surface area contributed by atoms with E-state index in [9.17, 15) is 9.59 Å². The van der Waals surface area contributed by atoms with Crippen LogP contribution >= 0.6 is 12.2 Å². The maximum absolute atomic E-state index is 13.5. The molecule has 0 unspecified atom stereocenters. The molecule has 1 fully saturated rings. The van der Waals surface area contributed by atoms with Crippen molar-refractivity contribution in [1.82, 2.24) is 19.4 Å². The van der Waals surface area contributed by atoms with Gasteiger partial charge < -0.3 is 14.4 Å². The number of thiocarbonyl (C=S) groups is 1. The van der Waals surface area contributed by atoms with Crippen molar-refractivity contribution in [2.24, 2.45) is 7.05 Å². The van der Waals surface area contributed by atoms with Crippen LogP contribution in [0.2, 0.25) is 0 Å². The van der Waals surface area contributed by atoms with Crippen LogP contribution < -0.4 is 10.5 Å². The second-order valence-corrected chi connectivity index (χ2v) is 8.87. The summed E-state index contributed by atoms with van der Waals surface area (Å²) < 4.78 is 1.54. The third kappa shape index (κ3) is 3.49. The van der Waals surface area contributed by atoms with E-state index >= 15 is 0 Å². The highest BCUT2D eigenvalue weighted by Gasteiger charge is 2.38. The van der Waals surface area contributed by atoms with Gasteiger partial charge in [-0.15, -0.1) is 0 Å². The number of anilines is 1. The SMILES string of the molecule is CN1CCN(c2c3c(cn(C)c2=O)C(=S)N(CCc2ccc4ccccc4n2)C3=O)CC1. The summed E-state index contributed by atoms with van der Waals surface area (Å²) in [5.41, 5.74) is 3.30. The number of hydrogen-bond donors (Lipinski definition) is 0. The predicted octanol–water partition coefficient (Wildman–Crippen LogP) is 2.06. The van der Waals surface area contributed by atoms with Crippen LogP contribution in [-0.2, 0) is 13.5 Å². The van der Waals surface area contributed by atoms with Gasteiger partial charge in [0.15, 0.2) is 0 Å². The van der Waals surface area contributed by atoms with Crippen molar-refractivity contribution in [3.8, 4) is 0 Å². The number of piperazine rings is 1. The monoisotopic (exact) mass is 447 g/mol. The summed E-state index contributed by atoms with van der Waals surface area (Å²) in [6.07, 6.45) is 2.29. The van der Waals surface area contributed by atoms with Crippen LogP contribution in [0, 0.1) is 0 Å². The fourth-order valence-electron chi connectivity index (χ4n) is 4.47. The lowest BCUT2D eigenvalue weighted by molar-refractivity contribution is 0.0863. The van der Waals surface area contributed by atoms with Crippen LogP contribution in [0.1, 0.15) is 21.6 Å². The zero-order valence-corrected chi connectivity index (χ0v) is 19.1. The topological polar surface area (TPSA) is 61.7 Å². The van der Waals surface area contributed by atoms with Gasteiger partial charge in [0.2, 0.25) is 0 Å². The van der Waals surface area contributed by atoms with E-state index in [4.69, 9.17) is 17.2 Å².